The molecule has 1 atom stereocenters. The molecule has 0 aromatic heterocycles. The molecule has 0 heterocycles. The van der Waals surface area contributed by atoms with E-state index in [0.717, 1.165) is 0 Å². The van der Waals surface area contributed by atoms with Crippen LogP contribution in [0.2, 0.25) is 0 Å². The molecule has 0 saturated carbocycles. The molecule has 6 aromatic carbocycles. The van der Waals surface area contributed by atoms with E-state index in [1.165, 1.54) is 60.1 Å². The molecular weight excluding hydrogens is 396 g/mol. The maximum absolute atomic E-state index is 2.40. The van der Waals surface area contributed by atoms with E-state index >= 15 is 0 Å². The lowest BCUT2D eigenvalue weighted by Crippen LogP contribution is -2.02. The summed E-state index contributed by atoms with van der Waals surface area (Å²) in [6.45, 7) is 0. The second-order valence-corrected chi connectivity index (χ2v) is 8.96. The number of benzene rings is 6. The normalized spacial score (nSPS) is 15.2. The van der Waals surface area contributed by atoms with Gasteiger partial charge in [0, 0.05) is 5.92 Å². The topological polar surface area (TPSA) is 0 Å². The van der Waals surface area contributed by atoms with Crippen LogP contribution in [0.4, 0.5) is 0 Å². The highest BCUT2D eigenvalue weighted by atomic mass is 14.3. The summed E-state index contributed by atoms with van der Waals surface area (Å²) in [6.07, 6.45) is 2.40. The highest BCUT2D eigenvalue weighted by molar-refractivity contribution is 6.11. The van der Waals surface area contributed by atoms with Gasteiger partial charge < -0.3 is 0 Å². The monoisotopic (exact) mass is 418 g/mol. The van der Waals surface area contributed by atoms with Gasteiger partial charge in [-0.05, 0) is 72.3 Å². The first-order valence-electron chi connectivity index (χ1n) is 11.6. The quantitative estimate of drug-likeness (QED) is 0.246. The largest absolute Gasteiger partial charge is 0.0619 e. The van der Waals surface area contributed by atoms with Gasteiger partial charge in [0.25, 0.3) is 0 Å². The summed E-state index contributed by atoms with van der Waals surface area (Å²) in [5.74, 6) is 0.205. The lowest BCUT2D eigenvalue weighted by molar-refractivity contribution is 1.08. The third-order valence-corrected chi connectivity index (χ3v) is 7.12. The van der Waals surface area contributed by atoms with E-state index in [9.17, 15) is 0 Å². The smallest absolute Gasteiger partial charge is 0.0358 e. The standard InChI is InChI=1S/C33H22/c1-2-10-25-20-27(19-16-22(25)8-1)31-21-26-11-4-6-14-29(26)33(31)30-15-7-12-24-18-17-23-9-3-5-13-28(23)32(24)30/h1-21,33H. The Hall–Kier alpha value is -4.16. The molecule has 7 rings (SSSR count). The molecule has 0 amide bonds. The highest BCUT2D eigenvalue weighted by Gasteiger charge is 2.29. The third-order valence-electron chi connectivity index (χ3n) is 7.12. The van der Waals surface area contributed by atoms with E-state index in [-0.39, 0.29) is 5.92 Å². The van der Waals surface area contributed by atoms with Gasteiger partial charge in [-0.2, -0.15) is 0 Å². The minimum atomic E-state index is 0.205. The van der Waals surface area contributed by atoms with Crippen LogP contribution in [0.3, 0.4) is 0 Å². The summed E-state index contributed by atoms with van der Waals surface area (Å²) in [4.78, 5) is 0. The summed E-state index contributed by atoms with van der Waals surface area (Å²) in [7, 11) is 0. The first-order chi connectivity index (χ1) is 16.4. The Kier molecular flexibility index (Phi) is 4.01. The molecule has 0 nitrogen and oxygen atoms in total. The zero-order valence-corrected chi connectivity index (χ0v) is 18.2. The lowest BCUT2D eigenvalue weighted by atomic mass is 9.81. The maximum atomic E-state index is 2.40. The molecule has 1 unspecified atom stereocenters. The van der Waals surface area contributed by atoms with Gasteiger partial charge in [0.2, 0.25) is 0 Å². The van der Waals surface area contributed by atoms with Crippen molar-refractivity contribution in [2.75, 3.05) is 0 Å². The van der Waals surface area contributed by atoms with Gasteiger partial charge in [-0.25, -0.2) is 0 Å². The molecule has 1 aliphatic carbocycles. The fourth-order valence-electron chi connectivity index (χ4n) is 5.61. The minimum absolute atomic E-state index is 0.205. The van der Waals surface area contributed by atoms with Crippen molar-refractivity contribution >= 4 is 44.0 Å². The van der Waals surface area contributed by atoms with Crippen LogP contribution in [-0.4, -0.2) is 0 Å². The van der Waals surface area contributed by atoms with Crippen molar-refractivity contribution in [3.05, 3.63) is 144 Å². The van der Waals surface area contributed by atoms with E-state index in [1.807, 2.05) is 0 Å². The molecular formula is C33H22. The van der Waals surface area contributed by atoms with Crippen molar-refractivity contribution in [3.8, 4) is 0 Å². The first-order valence-corrected chi connectivity index (χ1v) is 11.6. The molecule has 0 radical (unpaired) electrons. The van der Waals surface area contributed by atoms with Crippen LogP contribution >= 0.6 is 0 Å². The van der Waals surface area contributed by atoms with E-state index in [1.54, 1.807) is 0 Å². The Labute approximate surface area is 193 Å². The van der Waals surface area contributed by atoms with Crippen molar-refractivity contribution in [2.45, 2.75) is 5.92 Å². The van der Waals surface area contributed by atoms with Crippen LogP contribution in [-0.2, 0) is 0 Å². The molecule has 33 heavy (non-hydrogen) atoms. The summed E-state index contributed by atoms with van der Waals surface area (Å²) in [5, 5.41) is 7.85. The average molecular weight is 419 g/mol. The molecule has 6 aromatic rings. The molecule has 0 spiro atoms. The second-order valence-electron chi connectivity index (χ2n) is 8.96. The Morgan fingerprint density at radius 2 is 1.12 bits per heavy atom. The van der Waals surface area contributed by atoms with Gasteiger partial charge >= 0.3 is 0 Å². The Morgan fingerprint density at radius 3 is 2.06 bits per heavy atom. The number of allylic oxidation sites excluding steroid dienone is 1. The summed E-state index contributed by atoms with van der Waals surface area (Å²) < 4.78 is 0. The molecule has 0 saturated heterocycles. The molecule has 0 aliphatic heterocycles. The van der Waals surface area contributed by atoms with Crippen LogP contribution < -0.4 is 0 Å². The van der Waals surface area contributed by atoms with E-state index in [0.29, 0.717) is 0 Å². The van der Waals surface area contributed by atoms with Crippen LogP contribution in [0.5, 0.6) is 0 Å². The third kappa shape index (κ3) is 2.84. The summed E-state index contributed by atoms with van der Waals surface area (Å²) >= 11 is 0. The van der Waals surface area contributed by atoms with Gasteiger partial charge in [-0.15, -0.1) is 0 Å². The summed E-state index contributed by atoms with van der Waals surface area (Å²) in [6, 6.07) is 44.4. The van der Waals surface area contributed by atoms with Gasteiger partial charge in [0.15, 0.2) is 0 Å². The fourth-order valence-corrected chi connectivity index (χ4v) is 5.61. The zero-order valence-electron chi connectivity index (χ0n) is 18.2. The minimum Gasteiger partial charge on any atom is -0.0619 e. The molecule has 0 N–H and O–H groups in total. The number of hydrogen-bond donors (Lipinski definition) is 0. The van der Waals surface area contributed by atoms with Crippen molar-refractivity contribution in [2.24, 2.45) is 0 Å². The predicted molar refractivity (Wildman–Crippen MR) is 142 cm³/mol. The summed E-state index contributed by atoms with van der Waals surface area (Å²) in [5.41, 5.74) is 6.77. The zero-order chi connectivity index (χ0) is 21.8. The van der Waals surface area contributed by atoms with Crippen LogP contribution in [0.25, 0.3) is 44.0 Å². The van der Waals surface area contributed by atoms with Crippen molar-refractivity contribution in [1.29, 1.82) is 0 Å². The van der Waals surface area contributed by atoms with Gasteiger partial charge in [0.1, 0.15) is 0 Å². The van der Waals surface area contributed by atoms with Gasteiger partial charge in [-0.3, -0.25) is 0 Å². The Morgan fingerprint density at radius 1 is 0.455 bits per heavy atom. The average Bonchev–Trinajstić information content (AvgIpc) is 3.27. The van der Waals surface area contributed by atoms with E-state index in [2.05, 4.69) is 127 Å². The Balaban J connectivity index is 1.53. The molecule has 0 heteroatoms. The van der Waals surface area contributed by atoms with Crippen molar-refractivity contribution in [1.82, 2.24) is 0 Å². The van der Waals surface area contributed by atoms with Crippen LogP contribution in [0.15, 0.2) is 121 Å². The number of fused-ring (bicyclic) bond motifs is 5. The van der Waals surface area contributed by atoms with E-state index in [4.69, 9.17) is 0 Å². The van der Waals surface area contributed by atoms with Crippen LogP contribution in [0.1, 0.15) is 28.2 Å². The number of rotatable bonds is 2. The Bertz CT molecular complexity index is 1720. The van der Waals surface area contributed by atoms with Gasteiger partial charge in [0.05, 0.1) is 0 Å². The highest BCUT2D eigenvalue weighted by Crippen LogP contribution is 2.48. The lowest BCUT2D eigenvalue weighted by Gasteiger charge is -2.21. The SMILES string of the molecule is C1=C(c2ccc3ccccc3c2)C(c2cccc3ccc4ccccc4c23)c2ccccc21. The van der Waals surface area contributed by atoms with Crippen molar-refractivity contribution in [3.63, 3.8) is 0 Å². The molecule has 0 fully saturated rings. The number of hydrogen-bond acceptors (Lipinski definition) is 0. The van der Waals surface area contributed by atoms with Crippen molar-refractivity contribution < 1.29 is 0 Å². The maximum Gasteiger partial charge on any atom is 0.0358 e. The first kappa shape index (κ1) is 18.4. The molecule has 1 aliphatic rings. The van der Waals surface area contributed by atoms with E-state index < -0.39 is 0 Å². The fraction of sp³-hybridized carbons (Fsp3) is 0.0303. The molecule has 0 bridgehead atoms. The van der Waals surface area contributed by atoms with Gasteiger partial charge in [-0.1, -0.05) is 115 Å². The van der Waals surface area contributed by atoms with Crippen LogP contribution in [0, 0.1) is 0 Å². The predicted octanol–water partition coefficient (Wildman–Crippen LogP) is 8.83. The molecule has 154 valence electrons. The second kappa shape index (κ2) is 7.18.